The van der Waals surface area contributed by atoms with Crippen LogP contribution in [0.4, 0.5) is 0 Å². The molecule has 1 aromatic carbocycles. The first-order chi connectivity index (χ1) is 15.1. The Hall–Kier alpha value is -3.87. The highest BCUT2D eigenvalue weighted by Gasteiger charge is 2.46. The van der Waals surface area contributed by atoms with Gasteiger partial charge in [0.1, 0.15) is 17.3 Å². The van der Waals surface area contributed by atoms with E-state index < -0.39 is 17.7 Å². The van der Waals surface area contributed by atoms with E-state index in [1.54, 1.807) is 60.9 Å². The Balaban J connectivity index is 1.80. The zero-order valence-corrected chi connectivity index (χ0v) is 17.0. The lowest BCUT2D eigenvalue weighted by atomic mass is 9.96. The number of likely N-dealkylation sites (tertiary alicyclic amines) is 1. The van der Waals surface area contributed by atoms with Crippen molar-refractivity contribution in [1.29, 1.82) is 0 Å². The predicted octanol–water partition coefficient (Wildman–Crippen LogP) is 4.09. The third-order valence-corrected chi connectivity index (χ3v) is 5.03. The molecule has 1 saturated heterocycles. The minimum absolute atomic E-state index is 0.0113. The Morgan fingerprint density at radius 1 is 1.19 bits per heavy atom. The summed E-state index contributed by atoms with van der Waals surface area (Å²) in [5.74, 6) is -0.599. The number of nitrogens with zero attached hydrogens (tertiary/aromatic N) is 2. The van der Waals surface area contributed by atoms with E-state index >= 15 is 0 Å². The molecule has 3 heterocycles. The van der Waals surface area contributed by atoms with Crippen LogP contribution in [0.1, 0.15) is 36.3 Å². The highest BCUT2D eigenvalue weighted by Crippen LogP contribution is 2.40. The zero-order chi connectivity index (χ0) is 21.8. The molecule has 0 bridgehead atoms. The average molecular weight is 418 g/mol. The number of furan rings is 1. The van der Waals surface area contributed by atoms with Gasteiger partial charge in [-0.05, 0) is 42.3 Å². The second kappa shape index (κ2) is 8.87. The van der Waals surface area contributed by atoms with Crippen molar-refractivity contribution in [2.45, 2.75) is 25.9 Å². The number of pyridine rings is 1. The molecule has 0 saturated carbocycles. The van der Waals surface area contributed by atoms with Gasteiger partial charge in [0, 0.05) is 18.0 Å². The Morgan fingerprint density at radius 2 is 2.06 bits per heavy atom. The number of benzene rings is 1. The second-order valence-corrected chi connectivity index (χ2v) is 7.17. The fraction of sp³-hybridized carbons (Fsp3) is 0.208. The molecule has 1 fully saturated rings. The summed E-state index contributed by atoms with van der Waals surface area (Å²) in [6, 6.07) is 13.0. The Kier molecular flexibility index (Phi) is 5.84. The largest absolute Gasteiger partial charge is 0.507 e. The normalized spacial score (nSPS) is 17.8. The van der Waals surface area contributed by atoms with Gasteiger partial charge in [-0.2, -0.15) is 0 Å². The number of aromatic nitrogens is 1. The molecule has 0 spiro atoms. The SMILES string of the molecule is CCCOc1cccc(/C(O)=C2\C(=O)C(=O)N(Cc3ccco3)C2c2cccnc2)c1. The van der Waals surface area contributed by atoms with E-state index in [0.717, 1.165) is 6.42 Å². The summed E-state index contributed by atoms with van der Waals surface area (Å²) in [7, 11) is 0. The molecule has 1 aliphatic rings. The van der Waals surface area contributed by atoms with Crippen LogP contribution in [0.5, 0.6) is 5.75 Å². The van der Waals surface area contributed by atoms with Gasteiger partial charge in [0.25, 0.3) is 11.7 Å². The van der Waals surface area contributed by atoms with Crippen molar-refractivity contribution in [3.05, 3.63) is 89.6 Å². The maximum absolute atomic E-state index is 13.0. The highest BCUT2D eigenvalue weighted by atomic mass is 16.5. The van der Waals surface area contributed by atoms with E-state index in [-0.39, 0.29) is 17.9 Å². The minimum atomic E-state index is -0.793. The first kappa shape index (κ1) is 20.4. The summed E-state index contributed by atoms with van der Waals surface area (Å²) in [6.07, 6.45) is 5.54. The smallest absolute Gasteiger partial charge is 0.296 e. The number of Topliss-reactive ketones (excluding diaryl/α,β-unsaturated/α-hetero) is 1. The lowest BCUT2D eigenvalue weighted by Crippen LogP contribution is -2.29. The number of hydrogen-bond donors (Lipinski definition) is 1. The molecular weight excluding hydrogens is 396 g/mol. The molecule has 2 aromatic heterocycles. The van der Waals surface area contributed by atoms with Gasteiger partial charge in [0.15, 0.2) is 0 Å². The third kappa shape index (κ3) is 4.07. The van der Waals surface area contributed by atoms with Gasteiger partial charge < -0.3 is 19.2 Å². The number of aliphatic hydroxyl groups excluding tert-OH is 1. The zero-order valence-electron chi connectivity index (χ0n) is 17.0. The lowest BCUT2D eigenvalue weighted by Gasteiger charge is -2.24. The molecule has 1 atom stereocenters. The Bertz CT molecular complexity index is 1110. The molecule has 4 rings (SSSR count). The summed E-state index contributed by atoms with van der Waals surface area (Å²) in [5.41, 5.74) is 1.03. The fourth-order valence-electron chi connectivity index (χ4n) is 3.61. The van der Waals surface area contributed by atoms with Gasteiger partial charge in [-0.3, -0.25) is 14.6 Å². The second-order valence-electron chi connectivity index (χ2n) is 7.17. The first-order valence-corrected chi connectivity index (χ1v) is 10.0. The van der Waals surface area contributed by atoms with Crippen LogP contribution in [0.25, 0.3) is 5.76 Å². The number of amides is 1. The standard InChI is InChI=1S/C24H22N2O5/c1-2-11-30-18-8-3-6-16(13-18)22(27)20-21(17-7-4-10-25-14-17)26(24(29)23(20)28)15-19-9-5-12-31-19/h3-10,12-14,21,27H,2,11,15H2,1H3/b22-20+. The first-order valence-electron chi connectivity index (χ1n) is 10.0. The molecule has 0 radical (unpaired) electrons. The van der Waals surface area contributed by atoms with Gasteiger partial charge in [-0.15, -0.1) is 0 Å². The van der Waals surface area contributed by atoms with Crippen molar-refractivity contribution in [3.8, 4) is 5.75 Å². The molecule has 3 aromatic rings. The van der Waals surface area contributed by atoms with Crippen molar-refractivity contribution in [2.75, 3.05) is 6.61 Å². The molecule has 7 heteroatoms. The van der Waals surface area contributed by atoms with E-state index in [2.05, 4.69) is 4.98 Å². The Labute approximate surface area is 179 Å². The molecule has 158 valence electrons. The summed E-state index contributed by atoms with van der Waals surface area (Å²) in [5, 5.41) is 11.1. The quantitative estimate of drug-likeness (QED) is 0.353. The summed E-state index contributed by atoms with van der Waals surface area (Å²) in [4.78, 5) is 31.4. The van der Waals surface area contributed by atoms with E-state index in [9.17, 15) is 14.7 Å². The van der Waals surface area contributed by atoms with Crippen LogP contribution in [-0.4, -0.2) is 33.3 Å². The number of ketones is 1. The summed E-state index contributed by atoms with van der Waals surface area (Å²) in [6.45, 7) is 2.62. The van der Waals surface area contributed by atoms with E-state index in [1.165, 1.54) is 11.2 Å². The summed E-state index contributed by atoms with van der Waals surface area (Å²) >= 11 is 0. The number of hydrogen-bond acceptors (Lipinski definition) is 6. The summed E-state index contributed by atoms with van der Waals surface area (Å²) < 4.78 is 11.0. The van der Waals surface area contributed by atoms with Crippen molar-refractivity contribution in [3.63, 3.8) is 0 Å². The maximum atomic E-state index is 13.0. The van der Waals surface area contributed by atoms with Crippen molar-refractivity contribution in [2.24, 2.45) is 0 Å². The van der Waals surface area contributed by atoms with Crippen LogP contribution in [0.2, 0.25) is 0 Å². The van der Waals surface area contributed by atoms with Gasteiger partial charge in [-0.25, -0.2) is 0 Å². The number of rotatable bonds is 7. The number of aliphatic hydroxyl groups is 1. The average Bonchev–Trinajstić information content (AvgIpc) is 3.40. The lowest BCUT2D eigenvalue weighted by molar-refractivity contribution is -0.140. The van der Waals surface area contributed by atoms with E-state index in [4.69, 9.17) is 9.15 Å². The van der Waals surface area contributed by atoms with Crippen LogP contribution in [0, 0.1) is 0 Å². The van der Waals surface area contributed by atoms with Crippen molar-refractivity contribution < 1.29 is 23.8 Å². The maximum Gasteiger partial charge on any atom is 0.296 e. The topological polar surface area (TPSA) is 92.9 Å². The van der Waals surface area contributed by atoms with Crippen LogP contribution in [0.3, 0.4) is 0 Å². The number of carbonyl (C=O) groups is 2. The van der Waals surface area contributed by atoms with E-state index in [0.29, 0.717) is 29.2 Å². The van der Waals surface area contributed by atoms with Crippen molar-refractivity contribution >= 4 is 17.4 Å². The number of carbonyl (C=O) groups excluding carboxylic acids is 2. The predicted molar refractivity (Wildman–Crippen MR) is 113 cm³/mol. The molecule has 0 aliphatic carbocycles. The van der Waals surface area contributed by atoms with Crippen LogP contribution < -0.4 is 4.74 Å². The molecule has 31 heavy (non-hydrogen) atoms. The molecule has 1 amide bonds. The van der Waals surface area contributed by atoms with Gasteiger partial charge >= 0.3 is 0 Å². The third-order valence-electron chi connectivity index (χ3n) is 5.03. The van der Waals surface area contributed by atoms with Gasteiger partial charge in [-0.1, -0.05) is 25.1 Å². The van der Waals surface area contributed by atoms with Crippen molar-refractivity contribution in [1.82, 2.24) is 9.88 Å². The van der Waals surface area contributed by atoms with E-state index in [1.807, 2.05) is 6.92 Å². The Morgan fingerprint density at radius 3 is 2.77 bits per heavy atom. The van der Waals surface area contributed by atoms with Crippen LogP contribution in [-0.2, 0) is 16.1 Å². The monoisotopic (exact) mass is 418 g/mol. The number of ether oxygens (including phenoxy) is 1. The highest BCUT2D eigenvalue weighted by molar-refractivity contribution is 6.46. The molecule has 7 nitrogen and oxygen atoms in total. The van der Waals surface area contributed by atoms with Gasteiger partial charge in [0.05, 0.1) is 31.0 Å². The molecule has 1 unspecified atom stereocenters. The molecular formula is C24H22N2O5. The van der Waals surface area contributed by atoms with Crippen LogP contribution in [0.15, 0.2) is 77.2 Å². The minimum Gasteiger partial charge on any atom is -0.507 e. The fourth-order valence-corrected chi connectivity index (χ4v) is 3.61. The van der Waals surface area contributed by atoms with Gasteiger partial charge in [0.2, 0.25) is 0 Å². The molecule has 1 N–H and O–H groups in total. The molecule has 1 aliphatic heterocycles. The van der Waals surface area contributed by atoms with Crippen LogP contribution >= 0.6 is 0 Å².